The zero-order valence-electron chi connectivity index (χ0n) is 42.1. The summed E-state index contributed by atoms with van der Waals surface area (Å²) < 4.78 is 69.4. The first-order valence-corrected chi connectivity index (χ1v) is 27.1. The van der Waals surface area contributed by atoms with Crippen LogP contribution in [-0.2, 0) is 14.8 Å². The first-order valence-electron chi connectivity index (χ1n) is 25.7. The van der Waals surface area contributed by atoms with Crippen LogP contribution in [0.5, 0.6) is 23.1 Å². The van der Waals surface area contributed by atoms with Crippen LogP contribution >= 0.6 is 0 Å². The van der Waals surface area contributed by atoms with Crippen LogP contribution < -0.4 is 29.1 Å². The van der Waals surface area contributed by atoms with Gasteiger partial charge in [0.25, 0.3) is 27.5 Å². The number of sulfonamides is 1. The lowest BCUT2D eigenvalue weighted by Crippen LogP contribution is -2.54. The Balaban J connectivity index is 0.904. The molecule has 3 aliphatic heterocycles. The number of methoxy groups -OCH3 is 1. The molecule has 3 aromatic carbocycles. The summed E-state index contributed by atoms with van der Waals surface area (Å²) in [7, 11) is -3.25. The van der Waals surface area contributed by atoms with Gasteiger partial charge in [0.2, 0.25) is 0 Å². The lowest BCUT2D eigenvalue weighted by Gasteiger charge is -2.56. The van der Waals surface area contributed by atoms with Crippen LogP contribution in [0.25, 0.3) is 11.0 Å². The van der Waals surface area contributed by atoms with E-state index in [1.807, 2.05) is 0 Å². The maximum absolute atomic E-state index is 15.1. The number of likely N-dealkylation sites (tertiary alicyclic amines) is 1. The monoisotopic (exact) mass is 1020 g/mol. The number of carbonyl (C=O) groups excluding carboxylic acids is 1. The number of fused-ring (bicyclic) bond motifs is 2. The van der Waals surface area contributed by atoms with Crippen LogP contribution in [0.1, 0.15) is 125 Å². The second kappa shape index (κ2) is 20.0. The third kappa shape index (κ3) is 10.3. The molecule has 2 saturated carbocycles. The van der Waals surface area contributed by atoms with Crippen molar-refractivity contribution >= 4 is 44.0 Å². The zero-order chi connectivity index (χ0) is 51.4. The van der Waals surface area contributed by atoms with Crippen molar-refractivity contribution in [3.63, 3.8) is 0 Å². The summed E-state index contributed by atoms with van der Waals surface area (Å²) in [5, 5.41) is 26.3. The van der Waals surface area contributed by atoms with E-state index in [1.54, 1.807) is 26.0 Å². The number of carbonyl (C=O) groups is 1. The third-order valence-electron chi connectivity index (χ3n) is 16.3. The number of aliphatic hydroxyl groups is 1. The van der Waals surface area contributed by atoms with Gasteiger partial charge >= 0.3 is 0 Å². The molecule has 0 bridgehead atoms. The molecule has 4 N–H and O–H groups in total. The Hall–Kier alpha value is -6.02. The van der Waals surface area contributed by atoms with Gasteiger partial charge in [-0.2, -0.15) is 4.98 Å². The van der Waals surface area contributed by atoms with Gasteiger partial charge in [-0.05, 0) is 125 Å². The van der Waals surface area contributed by atoms with Crippen LogP contribution in [0.3, 0.4) is 0 Å². The number of ether oxygens (including phenoxy) is 4. The molecule has 1 amide bonds. The molecule has 73 heavy (non-hydrogen) atoms. The molecule has 4 fully saturated rings. The van der Waals surface area contributed by atoms with Gasteiger partial charge in [-0.1, -0.05) is 38.1 Å². The van der Waals surface area contributed by atoms with E-state index < -0.39 is 42.9 Å². The van der Waals surface area contributed by atoms with Crippen molar-refractivity contribution in [2.45, 2.75) is 133 Å². The van der Waals surface area contributed by atoms with Crippen LogP contribution in [0, 0.1) is 27.3 Å². The number of benzene rings is 3. The number of rotatable bonds is 15. The van der Waals surface area contributed by atoms with E-state index in [1.165, 1.54) is 43.2 Å². The standard InChI is InChI=1S/C54H66FN7O10S/c1-32(2)38-9-6-7-10-39(38)44-11-8-20-61(44)36-27-54(28-36)18-21-60(22-19-54)35-12-13-40(46(23-35)72-48-26-41-42(55)29-56-50(41)58-52(48)71-30-33(3)69-5)51(63)59-73(67,68)37-24-45(62(65)66)49-47(25-37)70-31-43(57-49)34-14-16-53(4,64)17-15-34/h6-7,9-10,12-13,23-26,29,32-34,36,43-44,57,64H,8,11,14-22,27-28,30-31H2,1-5H3,(H,56,58)(H,59,63)/t33-,34-,43+,44+,53-/m0/s1. The van der Waals surface area contributed by atoms with Crippen molar-refractivity contribution in [1.29, 1.82) is 0 Å². The second-order valence-electron chi connectivity index (χ2n) is 21.6. The first kappa shape index (κ1) is 50.5. The largest absolute Gasteiger partial charge is 0.489 e. The smallest absolute Gasteiger partial charge is 0.297 e. The van der Waals surface area contributed by atoms with E-state index in [-0.39, 0.29) is 82.1 Å². The number of nitro benzene ring substituents is 1. The highest BCUT2D eigenvalue weighted by atomic mass is 32.2. The minimum atomic E-state index is -4.78. The fourth-order valence-corrected chi connectivity index (χ4v) is 12.9. The van der Waals surface area contributed by atoms with Crippen molar-refractivity contribution in [3.05, 3.63) is 99.5 Å². The maximum Gasteiger partial charge on any atom is 0.297 e. The van der Waals surface area contributed by atoms with Gasteiger partial charge in [-0.25, -0.2) is 17.5 Å². The van der Waals surface area contributed by atoms with E-state index in [4.69, 9.17) is 18.9 Å². The Labute approximate surface area is 425 Å². The predicted molar refractivity (Wildman–Crippen MR) is 274 cm³/mol. The summed E-state index contributed by atoms with van der Waals surface area (Å²) in [6, 6.07) is 17.9. The van der Waals surface area contributed by atoms with Crippen molar-refractivity contribution in [2.75, 3.05) is 50.2 Å². The maximum atomic E-state index is 15.1. The van der Waals surface area contributed by atoms with Crippen LogP contribution in [0.4, 0.5) is 21.5 Å². The number of aromatic nitrogens is 2. The Morgan fingerprint density at radius 1 is 1.03 bits per heavy atom. The molecule has 390 valence electrons. The Bertz CT molecular complexity index is 2990. The summed E-state index contributed by atoms with van der Waals surface area (Å²) in [5.74, 6) is -1.31. The van der Waals surface area contributed by atoms with Gasteiger partial charge in [0.1, 0.15) is 30.4 Å². The van der Waals surface area contributed by atoms with Crippen LogP contribution in [0.15, 0.2) is 71.8 Å². The van der Waals surface area contributed by atoms with E-state index in [2.05, 4.69) is 67.9 Å². The van der Waals surface area contributed by atoms with Gasteiger partial charge < -0.3 is 39.3 Å². The van der Waals surface area contributed by atoms with Crippen molar-refractivity contribution in [3.8, 4) is 23.1 Å². The van der Waals surface area contributed by atoms with Gasteiger partial charge in [0.05, 0.1) is 38.5 Å². The summed E-state index contributed by atoms with van der Waals surface area (Å²) in [4.78, 5) is 37.9. The minimum absolute atomic E-state index is 0.0254. The molecule has 2 aliphatic carbocycles. The van der Waals surface area contributed by atoms with Gasteiger partial charge in [-0.15, -0.1) is 0 Å². The van der Waals surface area contributed by atoms with Crippen LogP contribution in [-0.4, -0.2) is 103 Å². The first-order chi connectivity index (χ1) is 34.9. The lowest BCUT2D eigenvalue weighted by atomic mass is 9.59. The van der Waals surface area contributed by atoms with E-state index >= 15 is 4.39 Å². The van der Waals surface area contributed by atoms with Crippen molar-refractivity contribution in [1.82, 2.24) is 19.6 Å². The van der Waals surface area contributed by atoms with Gasteiger partial charge in [0.15, 0.2) is 17.2 Å². The quantitative estimate of drug-likeness (QED) is 0.0568. The number of nitrogens with one attached hydrogen (secondary N) is 3. The molecule has 2 aromatic heterocycles. The number of amides is 1. The molecule has 0 radical (unpaired) electrons. The van der Waals surface area contributed by atoms with Gasteiger partial charge in [-0.3, -0.25) is 19.8 Å². The molecular weight excluding hydrogens is 958 g/mol. The third-order valence-corrected chi connectivity index (χ3v) is 17.6. The fourth-order valence-electron chi connectivity index (χ4n) is 11.9. The van der Waals surface area contributed by atoms with Gasteiger partial charge in [0, 0.05) is 68.4 Å². The number of piperidine rings is 1. The number of nitro groups is 1. The lowest BCUT2D eigenvalue weighted by molar-refractivity contribution is -0.384. The average molecular weight is 1020 g/mol. The Kier molecular flexibility index (Phi) is 13.8. The summed E-state index contributed by atoms with van der Waals surface area (Å²) in [5.41, 5.74) is 2.59. The summed E-state index contributed by atoms with van der Waals surface area (Å²) in [6.45, 7) is 10.9. The number of hydrogen-bond acceptors (Lipinski definition) is 14. The molecule has 5 aromatic rings. The zero-order valence-corrected chi connectivity index (χ0v) is 42.9. The molecule has 0 unspecified atom stereocenters. The SMILES string of the molecule is CO[C@@H](C)COc1nc2[nH]cc(F)c2cc1Oc1cc(N2CCC3(CC2)CC(N2CCC[C@@H]2c2ccccc2C(C)C)C3)ccc1C(=O)NS(=O)(=O)c1cc2c(c([N+](=O)[O-])c1)N[C@@H]([C@H]1CC[C@](C)(O)CC1)CO2. The number of halogens is 1. The number of aromatic amines is 1. The fraction of sp³-hybridized carbons (Fsp3) is 0.519. The normalized spacial score (nSPS) is 23.6. The van der Waals surface area contributed by atoms with E-state index in [9.17, 15) is 28.4 Å². The molecule has 17 nitrogen and oxygen atoms in total. The highest BCUT2D eigenvalue weighted by Gasteiger charge is 2.50. The topological polar surface area (TPSA) is 211 Å². The molecule has 10 rings (SSSR count). The van der Waals surface area contributed by atoms with Crippen molar-refractivity contribution in [2.24, 2.45) is 11.3 Å². The van der Waals surface area contributed by atoms with Crippen molar-refractivity contribution < 1.29 is 46.6 Å². The van der Waals surface area contributed by atoms with Crippen LogP contribution in [0.2, 0.25) is 0 Å². The van der Waals surface area contributed by atoms with E-state index in [0.717, 1.165) is 69.3 Å². The number of nitrogens with zero attached hydrogens (tertiary/aromatic N) is 4. The molecule has 19 heteroatoms. The number of H-pyrrole nitrogens is 1. The summed E-state index contributed by atoms with van der Waals surface area (Å²) >= 11 is 0. The highest BCUT2D eigenvalue weighted by molar-refractivity contribution is 7.90. The molecule has 5 heterocycles. The molecule has 5 aliphatic rings. The molecule has 1 spiro atoms. The number of anilines is 2. The van der Waals surface area contributed by atoms with E-state index in [0.29, 0.717) is 43.7 Å². The Morgan fingerprint density at radius 3 is 2.51 bits per heavy atom. The Morgan fingerprint density at radius 2 is 1.78 bits per heavy atom. The predicted octanol–water partition coefficient (Wildman–Crippen LogP) is 9.76. The molecule has 2 saturated heterocycles. The number of pyridine rings is 1. The number of hydrogen-bond donors (Lipinski definition) is 4. The minimum Gasteiger partial charge on any atom is -0.489 e. The molecule has 3 atom stereocenters. The average Bonchev–Trinajstić information content (AvgIpc) is 4.00. The summed E-state index contributed by atoms with van der Waals surface area (Å²) in [6.07, 6.45) is 9.92. The highest BCUT2D eigenvalue weighted by Crippen LogP contribution is 2.54. The second-order valence-corrected chi connectivity index (χ2v) is 23.3. The molecular formula is C54H66FN7O10S.